The van der Waals surface area contributed by atoms with Crippen molar-refractivity contribution in [3.05, 3.63) is 63.6 Å². The second kappa shape index (κ2) is 6.26. The monoisotopic (exact) mass is 323 g/mol. The Morgan fingerprint density at radius 3 is 2.68 bits per heavy atom. The van der Waals surface area contributed by atoms with Crippen LogP contribution >= 0.6 is 15.9 Å². The molecule has 2 nitrogen and oxygen atoms in total. The quantitative estimate of drug-likeness (QED) is 0.927. The van der Waals surface area contributed by atoms with Gasteiger partial charge in [0.1, 0.15) is 5.82 Å². The Morgan fingerprint density at radius 2 is 2.11 bits per heavy atom. The Morgan fingerprint density at radius 1 is 1.32 bits per heavy atom. The predicted octanol–water partition coefficient (Wildman–Crippen LogP) is 3.82. The maximum atomic E-state index is 13.7. The van der Waals surface area contributed by atoms with Gasteiger partial charge in [0.25, 0.3) is 0 Å². The summed E-state index contributed by atoms with van der Waals surface area (Å²) in [6, 6.07) is 8.51. The lowest BCUT2D eigenvalue weighted by Gasteiger charge is -2.13. The molecule has 1 atom stereocenters. The van der Waals surface area contributed by atoms with Gasteiger partial charge in [-0.3, -0.25) is 4.98 Å². The molecule has 0 fully saturated rings. The van der Waals surface area contributed by atoms with Gasteiger partial charge in [-0.05, 0) is 30.2 Å². The minimum atomic E-state index is -0.907. The van der Waals surface area contributed by atoms with Crippen LogP contribution in [0.15, 0.2) is 41.0 Å². The van der Waals surface area contributed by atoms with Gasteiger partial charge in [0, 0.05) is 28.3 Å². The molecule has 19 heavy (non-hydrogen) atoms. The highest BCUT2D eigenvalue weighted by molar-refractivity contribution is 9.10. The molecule has 1 heterocycles. The Balaban J connectivity index is 2.18. The van der Waals surface area contributed by atoms with Crippen LogP contribution in [0.4, 0.5) is 4.39 Å². The van der Waals surface area contributed by atoms with Gasteiger partial charge in [-0.2, -0.15) is 0 Å². The van der Waals surface area contributed by atoms with Gasteiger partial charge in [-0.15, -0.1) is 0 Å². The average Bonchev–Trinajstić information content (AvgIpc) is 2.39. The topological polar surface area (TPSA) is 33.1 Å². The van der Waals surface area contributed by atoms with Crippen LogP contribution in [0.5, 0.6) is 0 Å². The number of aryl methyl sites for hydroxylation is 1. The molecule has 0 saturated carbocycles. The molecule has 1 aromatic carbocycles. The molecule has 0 spiro atoms. The highest BCUT2D eigenvalue weighted by atomic mass is 79.9. The van der Waals surface area contributed by atoms with Crippen molar-refractivity contribution in [1.29, 1.82) is 0 Å². The number of aliphatic hydroxyl groups is 1. The molecule has 1 aromatic heterocycles. The van der Waals surface area contributed by atoms with Crippen LogP contribution in [0.3, 0.4) is 0 Å². The highest BCUT2D eigenvalue weighted by Gasteiger charge is 2.17. The van der Waals surface area contributed by atoms with Crippen LogP contribution in [0, 0.1) is 5.82 Å². The number of pyridine rings is 1. The lowest BCUT2D eigenvalue weighted by atomic mass is 10.0. The normalized spacial score (nSPS) is 12.4. The molecule has 0 radical (unpaired) electrons. The lowest BCUT2D eigenvalue weighted by Crippen LogP contribution is -2.06. The van der Waals surface area contributed by atoms with Crippen molar-refractivity contribution >= 4 is 15.9 Å². The molecule has 0 aliphatic heterocycles. The van der Waals surface area contributed by atoms with Gasteiger partial charge in [-0.1, -0.05) is 35.0 Å². The lowest BCUT2D eigenvalue weighted by molar-refractivity contribution is 0.171. The summed E-state index contributed by atoms with van der Waals surface area (Å²) in [5.41, 5.74) is 2.18. The zero-order valence-electron chi connectivity index (χ0n) is 10.6. The first-order valence-corrected chi connectivity index (χ1v) is 6.97. The smallest absolute Gasteiger partial charge is 0.130 e. The number of aliphatic hydroxyl groups excluding tert-OH is 1. The summed E-state index contributed by atoms with van der Waals surface area (Å²) < 4.78 is 14.3. The Hall–Kier alpha value is -1.26. The van der Waals surface area contributed by atoms with Gasteiger partial charge in [0.2, 0.25) is 0 Å². The summed E-state index contributed by atoms with van der Waals surface area (Å²) in [6.45, 7) is 2.06. The molecular weight excluding hydrogens is 309 g/mol. The Kier molecular flexibility index (Phi) is 4.66. The van der Waals surface area contributed by atoms with Gasteiger partial charge in [0.05, 0.1) is 6.10 Å². The molecule has 4 heteroatoms. The molecule has 0 saturated heterocycles. The molecule has 0 aliphatic carbocycles. The van der Waals surface area contributed by atoms with E-state index in [9.17, 15) is 9.50 Å². The maximum Gasteiger partial charge on any atom is 0.130 e. The van der Waals surface area contributed by atoms with E-state index in [-0.39, 0.29) is 5.56 Å². The fourth-order valence-electron chi connectivity index (χ4n) is 1.91. The van der Waals surface area contributed by atoms with Crippen LogP contribution in [-0.4, -0.2) is 10.1 Å². The third-order valence-electron chi connectivity index (χ3n) is 3.03. The SMILES string of the molecule is CCc1ccc(CC(O)c2c(F)cccc2Br)nc1. The molecule has 2 rings (SSSR count). The average molecular weight is 324 g/mol. The van der Waals surface area contributed by atoms with Crippen molar-refractivity contribution in [3.63, 3.8) is 0 Å². The summed E-state index contributed by atoms with van der Waals surface area (Å²) in [7, 11) is 0. The number of halogens is 2. The number of hydrogen-bond donors (Lipinski definition) is 1. The van der Waals surface area contributed by atoms with Crippen LogP contribution < -0.4 is 0 Å². The first-order valence-electron chi connectivity index (χ1n) is 6.17. The highest BCUT2D eigenvalue weighted by Crippen LogP contribution is 2.28. The fourth-order valence-corrected chi connectivity index (χ4v) is 2.52. The summed E-state index contributed by atoms with van der Waals surface area (Å²) >= 11 is 3.26. The van der Waals surface area contributed by atoms with Gasteiger partial charge >= 0.3 is 0 Å². The van der Waals surface area contributed by atoms with Crippen LogP contribution in [0.2, 0.25) is 0 Å². The molecular formula is C15H15BrFNO. The molecule has 100 valence electrons. The van der Waals surface area contributed by atoms with Gasteiger partial charge in [0.15, 0.2) is 0 Å². The first-order chi connectivity index (χ1) is 9.11. The standard InChI is InChI=1S/C15H15BrFNO/c1-2-10-6-7-11(18-9-10)8-14(19)15-12(16)4-3-5-13(15)17/h3-7,9,14,19H,2,8H2,1H3. The van der Waals surface area contributed by atoms with Crippen molar-refractivity contribution in [2.75, 3.05) is 0 Å². The number of nitrogens with zero attached hydrogens (tertiary/aromatic N) is 1. The molecule has 0 bridgehead atoms. The van der Waals surface area contributed by atoms with E-state index in [4.69, 9.17) is 0 Å². The van der Waals surface area contributed by atoms with Crippen molar-refractivity contribution in [3.8, 4) is 0 Å². The second-order valence-electron chi connectivity index (χ2n) is 4.37. The van der Waals surface area contributed by atoms with Crippen molar-refractivity contribution < 1.29 is 9.50 Å². The van der Waals surface area contributed by atoms with Gasteiger partial charge < -0.3 is 5.11 Å². The zero-order chi connectivity index (χ0) is 13.8. The van der Waals surface area contributed by atoms with Crippen LogP contribution in [0.1, 0.15) is 29.8 Å². The maximum absolute atomic E-state index is 13.7. The van der Waals surface area contributed by atoms with Crippen LogP contribution in [0.25, 0.3) is 0 Å². The number of hydrogen-bond acceptors (Lipinski definition) is 2. The summed E-state index contributed by atoms with van der Waals surface area (Å²) in [4.78, 5) is 4.28. The van der Waals surface area contributed by atoms with E-state index in [0.717, 1.165) is 17.7 Å². The minimum Gasteiger partial charge on any atom is -0.388 e. The predicted molar refractivity (Wildman–Crippen MR) is 76.4 cm³/mol. The Labute approximate surface area is 120 Å². The van der Waals surface area contributed by atoms with Crippen LogP contribution in [-0.2, 0) is 12.8 Å². The summed E-state index contributed by atoms with van der Waals surface area (Å²) in [5.74, 6) is -0.410. The van der Waals surface area contributed by atoms with Crippen molar-refractivity contribution in [1.82, 2.24) is 4.98 Å². The van der Waals surface area contributed by atoms with Crippen molar-refractivity contribution in [2.45, 2.75) is 25.9 Å². The number of benzene rings is 1. The molecule has 0 amide bonds. The Bertz CT molecular complexity index is 536. The van der Waals surface area contributed by atoms with E-state index in [1.54, 1.807) is 18.3 Å². The third-order valence-corrected chi connectivity index (χ3v) is 3.72. The number of rotatable bonds is 4. The van der Waals surface area contributed by atoms with Crippen molar-refractivity contribution in [2.24, 2.45) is 0 Å². The molecule has 1 N–H and O–H groups in total. The molecule has 2 aromatic rings. The first kappa shape index (κ1) is 14.2. The second-order valence-corrected chi connectivity index (χ2v) is 5.22. The van der Waals surface area contributed by atoms with E-state index in [2.05, 4.69) is 27.8 Å². The van der Waals surface area contributed by atoms with E-state index in [0.29, 0.717) is 10.9 Å². The van der Waals surface area contributed by atoms with E-state index < -0.39 is 11.9 Å². The van der Waals surface area contributed by atoms with E-state index in [1.165, 1.54) is 6.07 Å². The largest absolute Gasteiger partial charge is 0.388 e. The zero-order valence-corrected chi connectivity index (χ0v) is 12.2. The summed E-state index contributed by atoms with van der Waals surface area (Å²) in [6.07, 6.45) is 2.10. The van der Waals surface area contributed by atoms with Gasteiger partial charge in [-0.25, -0.2) is 4.39 Å². The third kappa shape index (κ3) is 3.39. The molecule has 1 unspecified atom stereocenters. The van der Waals surface area contributed by atoms with E-state index in [1.807, 2.05) is 12.1 Å². The molecule has 0 aliphatic rings. The fraction of sp³-hybridized carbons (Fsp3) is 0.267. The minimum absolute atomic E-state index is 0.281. The summed E-state index contributed by atoms with van der Waals surface area (Å²) in [5, 5.41) is 10.2. The number of aromatic nitrogens is 1. The van der Waals surface area contributed by atoms with E-state index >= 15 is 0 Å².